The quantitative estimate of drug-likeness (QED) is 0.145. The highest BCUT2D eigenvalue weighted by Gasteiger charge is 2.29. The zero-order chi connectivity index (χ0) is 37.8. The molecule has 1 aliphatic carbocycles. The number of thiazole rings is 1. The predicted octanol–water partition coefficient (Wildman–Crippen LogP) is 7.12. The number of carbonyl (C=O) groups excluding carboxylic acids is 1. The Bertz CT molecular complexity index is 2190. The highest BCUT2D eigenvalue weighted by molar-refractivity contribution is 7.09. The predicted molar refractivity (Wildman–Crippen MR) is 213 cm³/mol. The second-order valence-electron chi connectivity index (χ2n) is 14.8. The molecule has 0 radical (unpaired) electrons. The Morgan fingerprint density at radius 3 is 2.33 bits per heavy atom. The van der Waals surface area contributed by atoms with E-state index < -0.39 is 23.1 Å². The second kappa shape index (κ2) is 16.9. The van der Waals surface area contributed by atoms with E-state index in [0.717, 1.165) is 48.0 Å². The Kier molecular flexibility index (Phi) is 11.8. The minimum absolute atomic E-state index is 0.0474. The molecule has 0 unspecified atom stereocenters. The Hall–Kier alpha value is -4.52. The fraction of sp³-hybridized carbons (Fsp3) is 0.452. The Balaban J connectivity index is 1.09. The molecule has 7 rings (SSSR count). The maximum Gasteiger partial charge on any atom is 0.337 e. The van der Waals surface area contributed by atoms with Crippen molar-refractivity contribution in [1.82, 2.24) is 34.2 Å². The number of carbonyl (C=O) groups is 1. The molecule has 3 aromatic heterocycles. The Labute approximate surface area is 319 Å². The zero-order valence-electron chi connectivity index (χ0n) is 31.5. The van der Waals surface area contributed by atoms with Crippen molar-refractivity contribution in [3.63, 3.8) is 0 Å². The molecule has 12 heteroatoms. The summed E-state index contributed by atoms with van der Waals surface area (Å²) in [4.78, 5) is 54.7. The van der Waals surface area contributed by atoms with Crippen molar-refractivity contribution < 1.29 is 9.18 Å². The monoisotopic (exact) mass is 751 g/mol. The van der Waals surface area contributed by atoms with Gasteiger partial charge in [0.1, 0.15) is 11.5 Å². The van der Waals surface area contributed by atoms with Gasteiger partial charge in [-0.05, 0) is 119 Å². The molecule has 2 aliphatic rings. The summed E-state index contributed by atoms with van der Waals surface area (Å²) in [6, 6.07) is 17.6. The fourth-order valence-electron chi connectivity index (χ4n) is 8.32. The van der Waals surface area contributed by atoms with E-state index in [1.165, 1.54) is 64.8 Å². The number of likely N-dealkylation sites (tertiary alicyclic amines) is 1. The van der Waals surface area contributed by atoms with E-state index >= 15 is 0 Å². The molecule has 1 aliphatic heterocycles. The van der Waals surface area contributed by atoms with Crippen LogP contribution in [0.2, 0.25) is 0 Å². The number of fused-ring (bicyclic) bond motifs is 1. The lowest BCUT2D eigenvalue weighted by Crippen LogP contribution is -2.45. The van der Waals surface area contributed by atoms with Crippen LogP contribution in [-0.2, 0) is 6.54 Å². The van der Waals surface area contributed by atoms with Crippen LogP contribution in [0.4, 0.5) is 4.39 Å². The van der Waals surface area contributed by atoms with Crippen LogP contribution in [0.15, 0.2) is 75.8 Å². The van der Waals surface area contributed by atoms with E-state index in [2.05, 4.69) is 63.2 Å². The number of amides is 1. The number of nitrogens with zero attached hydrogens (tertiary/aromatic N) is 6. The number of halogens is 1. The van der Waals surface area contributed by atoms with Crippen molar-refractivity contribution >= 4 is 28.3 Å². The van der Waals surface area contributed by atoms with Crippen molar-refractivity contribution in [1.29, 1.82) is 0 Å². The lowest BCUT2D eigenvalue weighted by molar-refractivity contribution is 0.0917. The van der Waals surface area contributed by atoms with Crippen LogP contribution in [-0.4, -0.2) is 73.1 Å². The van der Waals surface area contributed by atoms with E-state index in [-0.39, 0.29) is 23.0 Å². The molecule has 2 fully saturated rings. The van der Waals surface area contributed by atoms with E-state index in [1.807, 2.05) is 31.2 Å². The Morgan fingerprint density at radius 2 is 1.67 bits per heavy atom. The van der Waals surface area contributed by atoms with Gasteiger partial charge in [0.15, 0.2) is 5.65 Å². The third kappa shape index (κ3) is 8.25. The second-order valence-corrected chi connectivity index (χ2v) is 15.9. The molecule has 1 amide bonds. The average Bonchev–Trinajstić information content (AvgIpc) is 3.63. The highest BCUT2D eigenvalue weighted by Crippen LogP contribution is 2.29. The first-order valence-corrected chi connectivity index (χ1v) is 20.3. The van der Waals surface area contributed by atoms with E-state index in [1.54, 1.807) is 5.38 Å². The number of aromatic nitrogens is 4. The number of benzene rings is 2. The third-order valence-corrected chi connectivity index (χ3v) is 11.8. The van der Waals surface area contributed by atoms with Gasteiger partial charge in [0.25, 0.3) is 11.5 Å². The summed E-state index contributed by atoms with van der Waals surface area (Å²) in [5.74, 6) is -0.867. The summed E-state index contributed by atoms with van der Waals surface area (Å²) >= 11 is 1.42. The van der Waals surface area contributed by atoms with E-state index in [0.29, 0.717) is 43.1 Å². The summed E-state index contributed by atoms with van der Waals surface area (Å²) in [7, 11) is 0. The van der Waals surface area contributed by atoms with Crippen LogP contribution in [0.3, 0.4) is 0 Å². The first-order chi connectivity index (χ1) is 26.2. The molecule has 54 heavy (non-hydrogen) atoms. The molecule has 2 aromatic carbocycles. The van der Waals surface area contributed by atoms with Gasteiger partial charge in [0.05, 0.1) is 22.3 Å². The van der Waals surface area contributed by atoms with Gasteiger partial charge < -0.3 is 10.2 Å². The van der Waals surface area contributed by atoms with E-state index in [4.69, 9.17) is 0 Å². The summed E-state index contributed by atoms with van der Waals surface area (Å²) in [5, 5.41) is 5.66. The average molecular weight is 752 g/mol. The van der Waals surface area contributed by atoms with Gasteiger partial charge in [-0.25, -0.2) is 23.7 Å². The van der Waals surface area contributed by atoms with Gasteiger partial charge in [0, 0.05) is 30.1 Å². The molecule has 284 valence electrons. The van der Waals surface area contributed by atoms with Gasteiger partial charge in [0.2, 0.25) is 0 Å². The maximum atomic E-state index is 14.6. The standard InChI is InChI=1S/C42H50FN7O3S/c1-4-19-48(20-5-2)34-17-21-47(22-18-34)26-29-9-11-30(12-10-29)31-7-6-8-36(23-31)49-39-37(24-32(43)25-44-39)41(52)50(42(49)53)35-15-13-33(14-16-35)46-40(51)38-27-54-28(3)45-38/h6-12,23-25,27,33-35H,4-5,13-22,26H2,1-3H3,(H,46,51). The molecule has 1 saturated carbocycles. The van der Waals surface area contributed by atoms with E-state index in [9.17, 15) is 18.8 Å². The Morgan fingerprint density at radius 1 is 0.944 bits per heavy atom. The minimum Gasteiger partial charge on any atom is -0.348 e. The number of nitrogens with one attached hydrogen (secondary N) is 1. The molecule has 0 bridgehead atoms. The van der Waals surface area contributed by atoms with Gasteiger partial charge in [-0.1, -0.05) is 50.2 Å². The SMILES string of the molecule is CCCN(CCC)C1CCN(Cc2ccc(-c3cccc(-n4c(=O)n(C5CCC(NC(=O)c6csc(C)n6)CC5)c(=O)c5cc(F)cnc54)c3)cc2)CC1. The van der Waals surface area contributed by atoms with Crippen LogP contribution in [0.1, 0.15) is 92.3 Å². The molecule has 4 heterocycles. The summed E-state index contributed by atoms with van der Waals surface area (Å²) in [6.45, 7) is 11.9. The normalized spacial score (nSPS) is 18.4. The summed E-state index contributed by atoms with van der Waals surface area (Å²) in [5.41, 5.74) is 3.17. The number of piperidine rings is 1. The fourth-order valence-corrected chi connectivity index (χ4v) is 8.92. The number of hydrogen-bond acceptors (Lipinski definition) is 8. The number of rotatable bonds is 12. The van der Waals surface area contributed by atoms with Crippen LogP contribution < -0.4 is 16.6 Å². The zero-order valence-corrected chi connectivity index (χ0v) is 32.3. The molecular formula is C42H50FN7O3S. The van der Waals surface area contributed by atoms with Gasteiger partial charge in [-0.3, -0.25) is 19.1 Å². The molecule has 0 spiro atoms. The van der Waals surface area contributed by atoms with Crippen molar-refractivity contribution in [2.45, 2.75) is 96.8 Å². The van der Waals surface area contributed by atoms with Crippen molar-refractivity contribution in [3.8, 4) is 16.8 Å². The van der Waals surface area contributed by atoms with Gasteiger partial charge in [-0.15, -0.1) is 11.3 Å². The number of aryl methyl sites for hydroxylation is 1. The van der Waals surface area contributed by atoms with Crippen molar-refractivity contribution in [2.24, 2.45) is 0 Å². The molecular weight excluding hydrogens is 702 g/mol. The lowest BCUT2D eigenvalue weighted by atomic mass is 9.90. The molecule has 1 N–H and O–H groups in total. The third-order valence-electron chi connectivity index (χ3n) is 11.0. The molecule has 1 saturated heterocycles. The first-order valence-electron chi connectivity index (χ1n) is 19.4. The highest BCUT2D eigenvalue weighted by atomic mass is 32.1. The van der Waals surface area contributed by atoms with Crippen molar-refractivity contribution in [3.05, 3.63) is 109 Å². The maximum absolute atomic E-state index is 14.6. The lowest BCUT2D eigenvalue weighted by Gasteiger charge is -2.38. The van der Waals surface area contributed by atoms with Crippen molar-refractivity contribution in [2.75, 3.05) is 26.2 Å². The van der Waals surface area contributed by atoms with Gasteiger partial charge in [-0.2, -0.15) is 0 Å². The number of hydrogen-bond donors (Lipinski definition) is 1. The van der Waals surface area contributed by atoms with Crippen LogP contribution in [0.5, 0.6) is 0 Å². The molecule has 5 aromatic rings. The molecule has 0 atom stereocenters. The largest absolute Gasteiger partial charge is 0.348 e. The van der Waals surface area contributed by atoms with Gasteiger partial charge >= 0.3 is 5.69 Å². The van der Waals surface area contributed by atoms with Crippen LogP contribution >= 0.6 is 11.3 Å². The summed E-state index contributed by atoms with van der Waals surface area (Å²) < 4.78 is 17.3. The first kappa shape index (κ1) is 37.8. The topological polar surface area (TPSA) is 105 Å². The smallest absolute Gasteiger partial charge is 0.337 e. The summed E-state index contributed by atoms with van der Waals surface area (Å²) in [6.07, 6.45) is 8.04. The van der Waals surface area contributed by atoms with Crippen LogP contribution in [0.25, 0.3) is 27.8 Å². The minimum atomic E-state index is -0.645. The van der Waals surface area contributed by atoms with Crippen LogP contribution in [0, 0.1) is 12.7 Å². The number of pyridine rings is 1. The molecule has 10 nitrogen and oxygen atoms in total.